The number of aromatic amines is 1. The fraction of sp³-hybridized carbons (Fsp3) is 0.462. The summed E-state index contributed by atoms with van der Waals surface area (Å²) in [4.78, 5) is 3.14. The number of aryl methyl sites for hydroxylation is 1. The van der Waals surface area contributed by atoms with Crippen LogP contribution in [0.4, 0.5) is 4.39 Å². The van der Waals surface area contributed by atoms with Gasteiger partial charge in [-0.1, -0.05) is 19.3 Å². The zero-order valence-electron chi connectivity index (χ0n) is 9.88. The average molecular weight is 329 g/mol. The first-order valence-electron chi connectivity index (χ1n) is 6.22. The molecule has 2 aromatic rings. The van der Waals surface area contributed by atoms with E-state index in [4.69, 9.17) is 12.2 Å². The number of H-pyrrole nitrogens is 1. The van der Waals surface area contributed by atoms with Crippen LogP contribution < -0.4 is 0 Å². The molecule has 3 rings (SSSR count). The maximum Gasteiger partial charge on any atom is 0.178 e. The first kappa shape index (κ1) is 12.4. The Morgan fingerprint density at radius 2 is 2.22 bits per heavy atom. The summed E-state index contributed by atoms with van der Waals surface area (Å²) in [5, 5.41) is 0. The van der Waals surface area contributed by atoms with Crippen molar-refractivity contribution in [1.82, 2.24) is 9.55 Å². The molecule has 0 unspecified atom stereocenters. The van der Waals surface area contributed by atoms with Crippen LogP contribution >= 0.6 is 28.1 Å². The number of hydrogen-bond donors (Lipinski definition) is 1. The van der Waals surface area contributed by atoms with Crippen molar-refractivity contribution in [2.75, 3.05) is 0 Å². The third kappa shape index (κ3) is 2.14. The van der Waals surface area contributed by atoms with E-state index in [9.17, 15) is 4.39 Å². The molecule has 1 heterocycles. The van der Waals surface area contributed by atoms with Crippen LogP contribution in [0.25, 0.3) is 11.0 Å². The van der Waals surface area contributed by atoms with Gasteiger partial charge in [-0.25, -0.2) is 4.39 Å². The lowest BCUT2D eigenvalue weighted by molar-refractivity contribution is 0.283. The van der Waals surface area contributed by atoms with E-state index in [1.807, 2.05) is 4.57 Å². The highest BCUT2D eigenvalue weighted by Gasteiger charge is 2.18. The molecule has 1 aromatic heterocycles. The molecule has 0 amide bonds. The van der Waals surface area contributed by atoms with Crippen LogP contribution in [0.3, 0.4) is 0 Å². The van der Waals surface area contributed by atoms with Gasteiger partial charge in [0.2, 0.25) is 0 Å². The van der Waals surface area contributed by atoms with Gasteiger partial charge in [-0.3, -0.25) is 0 Å². The Morgan fingerprint density at radius 1 is 1.44 bits per heavy atom. The molecule has 5 heteroatoms. The minimum absolute atomic E-state index is 0.242. The van der Waals surface area contributed by atoms with E-state index >= 15 is 0 Å². The number of halogens is 2. The smallest absolute Gasteiger partial charge is 0.178 e. The lowest BCUT2D eigenvalue weighted by Crippen LogP contribution is -2.13. The molecule has 1 fully saturated rings. The van der Waals surface area contributed by atoms with Gasteiger partial charge in [0.05, 0.1) is 15.5 Å². The van der Waals surface area contributed by atoms with Crippen LogP contribution in [-0.4, -0.2) is 9.55 Å². The standard InChI is InChI=1S/C13H14BrFN2S/c14-9-6-11-12(7-10(9)15)17(13(18)16-11)5-4-8-2-1-3-8/h6-8H,1-5H2,(H,16,18). The van der Waals surface area contributed by atoms with E-state index in [1.54, 1.807) is 12.1 Å². The lowest BCUT2D eigenvalue weighted by atomic mass is 9.83. The van der Waals surface area contributed by atoms with Gasteiger partial charge < -0.3 is 9.55 Å². The Kier molecular flexibility index (Phi) is 3.28. The Morgan fingerprint density at radius 3 is 2.89 bits per heavy atom. The molecule has 1 aromatic carbocycles. The summed E-state index contributed by atoms with van der Waals surface area (Å²) in [5.74, 6) is 0.589. The van der Waals surface area contributed by atoms with Crippen LogP contribution in [0, 0.1) is 16.5 Å². The van der Waals surface area contributed by atoms with Gasteiger partial charge in [-0.2, -0.15) is 0 Å². The van der Waals surface area contributed by atoms with Crippen LogP contribution in [0.2, 0.25) is 0 Å². The van der Waals surface area contributed by atoms with E-state index in [1.165, 1.54) is 19.3 Å². The number of fused-ring (bicyclic) bond motifs is 1. The predicted octanol–water partition coefficient (Wildman–Crippen LogP) is 4.79. The van der Waals surface area contributed by atoms with E-state index in [0.717, 1.165) is 29.9 Å². The Labute approximate surface area is 118 Å². The van der Waals surface area contributed by atoms with Crippen molar-refractivity contribution in [1.29, 1.82) is 0 Å². The van der Waals surface area contributed by atoms with Crippen LogP contribution in [0.1, 0.15) is 25.7 Å². The second-order valence-electron chi connectivity index (χ2n) is 4.95. The average Bonchev–Trinajstić information content (AvgIpc) is 2.54. The summed E-state index contributed by atoms with van der Waals surface area (Å²) in [6, 6.07) is 3.30. The molecule has 0 aliphatic heterocycles. The molecule has 1 aliphatic carbocycles. The summed E-state index contributed by atoms with van der Waals surface area (Å²) in [5.41, 5.74) is 1.75. The van der Waals surface area contributed by atoms with Gasteiger partial charge >= 0.3 is 0 Å². The molecular weight excluding hydrogens is 315 g/mol. The molecule has 0 radical (unpaired) electrons. The largest absolute Gasteiger partial charge is 0.331 e. The van der Waals surface area contributed by atoms with Gasteiger partial charge in [-0.15, -0.1) is 0 Å². The monoisotopic (exact) mass is 328 g/mol. The number of nitrogens with one attached hydrogen (secondary N) is 1. The van der Waals surface area contributed by atoms with Gasteiger partial charge in [0.15, 0.2) is 4.77 Å². The maximum atomic E-state index is 13.6. The van der Waals surface area contributed by atoms with E-state index in [0.29, 0.717) is 9.24 Å². The van der Waals surface area contributed by atoms with E-state index in [-0.39, 0.29) is 5.82 Å². The third-order valence-electron chi connectivity index (χ3n) is 3.80. The van der Waals surface area contributed by atoms with Gasteiger partial charge in [0.25, 0.3) is 0 Å². The molecular formula is C13H14BrFN2S. The van der Waals surface area contributed by atoms with Crippen molar-refractivity contribution < 1.29 is 4.39 Å². The number of rotatable bonds is 3. The molecule has 0 atom stereocenters. The minimum atomic E-state index is -0.242. The number of aromatic nitrogens is 2. The summed E-state index contributed by atoms with van der Waals surface area (Å²) in [7, 11) is 0. The molecule has 1 saturated carbocycles. The van der Waals surface area contributed by atoms with Crippen molar-refractivity contribution in [2.24, 2.45) is 5.92 Å². The first-order valence-corrected chi connectivity index (χ1v) is 7.43. The van der Waals surface area contributed by atoms with Gasteiger partial charge in [0.1, 0.15) is 5.82 Å². The molecule has 18 heavy (non-hydrogen) atoms. The molecule has 0 saturated heterocycles. The molecule has 2 nitrogen and oxygen atoms in total. The summed E-state index contributed by atoms with van der Waals surface area (Å²) >= 11 is 8.51. The maximum absolute atomic E-state index is 13.6. The molecule has 0 bridgehead atoms. The normalized spacial score (nSPS) is 16.1. The highest BCUT2D eigenvalue weighted by molar-refractivity contribution is 9.10. The Hall–Kier alpha value is -0.680. The number of imidazole rings is 1. The molecule has 1 aliphatic rings. The highest BCUT2D eigenvalue weighted by atomic mass is 79.9. The van der Waals surface area contributed by atoms with Crippen LogP contribution in [-0.2, 0) is 6.54 Å². The molecule has 0 spiro atoms. The van der Waals surface area contributed by atoms with Crippen molar-refractivity contribution in [2.45, 2.75) is 32.2 Å². The summed E-state index contributed by atoms with van der Waals surface area (Å²) in [6.45, 7) is 0.880. The van der Waals surface area contributed by atoms with Crippen LogP contribution in [0.5, 0.6) is 0 Å². The van der Waals surface area contributed by atoms with Crippen molar-refractivity contribution in [3.05, 3.63) is 27.2 Å². The van der Waals surface area contributed by atoms with Crippen molar-refractivity contribution in [3.8, 4) is 0 Å². The third-order valence-corrected chi connectivity index (χ3v) is 4.73. The second-order valence-corrected chi connectivity index (χ2v) is 6.19. The molecule has 1 N–H and O–H groups in total. The summed E-state index contributed by atoms with van der Waals surface area (Å²) in [6.07, 6.45) is 5.15. The fourth-order valence-corrected chi connectivity index (χ4v) is 3.11. The number of benzene rings is 1. The van der Waals surface area contributed by atoms with Crippen molar-refractivity contribution in [3.63, 3.8) is 0 Å². The second kappa shape index (κ2) is 4.78. The SMILES string of the molecule is Fc1cc2c(cc1Br)[nH]c(=S)n2CCC1CCC1. The Bertz CT molecular complexity index is 642. The van der Waals surface area contributed by atoms with E-state index < -0.39 is 0 Å². The zero-order valence-corrected chi connectivity index (χ0v) is 12.3. The first-order chi connectivity index (χ1) is 8.65. The summed E-state index contributed by atoms with van der Waals surface area (Å²) < 4.78 is 16.8. The highest BCUT2D eigenvalue weighted by Crippen LogP contribution is 2.30. The number of hydrogen-bond acceptors (Lipinski definition) is 1. The topological polar surface area (TPSA) is 20.7 Å². The quantitative estimate of drug-likeness (QED) is 0.803. The number of nitrogens with zero attached hydrogens (tertiary/aromatic N) is 1. The predicted molar refractivity (Wildman–Crippen MR) is 76.7 cm³/mol. The van der Waals surface area contributed by atoms with E-state index in [2.05, 4.69) is 20.9 Å². The van der Waals surface area contributed by atoms with Gasteiger partial charge in [0, 0.05) is 12.6 Å². The van der Waals surface area contributed by atoms with Crippen LogP contribution in [0.15, 0.2) is 16.6 Å². The lowest BCUT2D eigenvalue weighted by Gasteiger charge is -2.25. The van der Waals surface area contributed by atoms with Gasteiger partial charge in [-0.05, 0) is 46.6 Å². The van der Waals surface area contributed by atoms with Crippen molar-refractivity contribution >= 4 is 39.2 Å². The fourth-order valence-electron chi connectivity index (χ4n) is 2.47. The Balaban J connectivity index is 1.96. The minimum Gasteiger partial charge on any atom is -0.331 e. The molecule has 96 valence electrons. The zero-order chi connectivity index (χ0) is 12.7.